The van der Waals surface area contributed by atoms with E-state index in [0.717, 1.165) is 22.0 Å². The Morgan fingerprint density at radius 2 is 1.61 bits per heavy atom. The summed E-state index contributed by atoms with van der Waals surface area (Å²) < 4.78 is 12.3. The molecule has 0 radical (unpaired) electrons. The van der Waals surface area contributed by atoms with Gasteiger partial charge in [0.1, 0.15) is 5.69 Å². The number of hydrogen-bond acceptors (Lipinski definition) is 3. The minimum atomic E-state index is -0.934. The third-order valence-corrected chi connectivity index (χ3v) is 3.98. The molecule has 0 saturated carbocycles. The van der Waals surface area contributed by atoms with Gasteiger partial charge in [0.25, 0.3) is 0 Å². The average Bonchev–Trinajstić information content (AvgIpc) is 2.90. The van der Waals surface area contributed by atoms with Crippen molar-refractivity contribution in [3.05, 3.63) is 48.2 Å². The highest BCUT2D eigenvalue weighted by Gasteiger charge is 2.13. The second kappa shape index (κ2) is 5.68. The molecular weight excluding hydrogens is 294 g/mol. The molecule has 1 N–H and O–H groups in total. The van der Waals surface area contributed by atoms with Gasteiger partial charge in [0, 0.05) is 18.0 Å². The molecule has 0 spiro atoms. The van der Waals surface area contributed by atoms with Crippen molar-refractivity contribution in [2.24, 2.45) is 7.05 Å². The van der Waals surface area contributed by atoms with Crippen LogP contribution in [0.1, 0.15) is 10.5 Å². The molecule has 3 rings (SSSR count). The van der Waals surface area contributed by atoms with Crippen LogP contribution in [0.5, 0.6) is 11.5 Å². The molecule has 1 heterocycles. The van der Waals surface area contributed by atoms with E-state index in [0.29, 0.717) is 11.5 Å². The van der Waals surface area contributed by atoms with Gasteiger partial charge in [-0.05, 0) is 41.5 Å². The Labute approximate surface area is 133 Å². The molecule has 0 saturated heterocycles. The lowest BCUT2D eigenvalue weighted by Crippen LogP contribution is -2.03. The van der Waals surface area contributed by atoms with E-state index < -0.39 is 5.97 Å². The van der Waals surface area contributed by atoms with E-state index in [1.165, 1.54) is 0 Å². The number of carboxylic acid groups (broad SMARTS) is 1. The standard InChI is InChI=1S/C18H17NO4/c1-19-14-6-4-11(8-13(14)9-15(19)18(20)21)12-5-7-16(22-2)17(10-12)23-3/h4-10H,1-3H3,(H,20,21). The van der Waals surface area contributed by atoms with Crippen LogP contribution in [0.4, 0.5) is 0 Å². The van der Waals surface area contributed by atoms with Gasteiger partial charge in [-0.15, -0.1) is 0 Å². The number of rotatable bonds is 4. The van der Waals surface area contributed by atoms with Gasteiger partial charge in [-0.3, -0.25) is 0 Å². The number of aromatic nitrogens is 1. The summed E-state index contributed by atoms with van der Waals surface area (Å²) in [6, 6.07) is 13.3. The third kappa shape index (κ3) is 2.50. The molecule has 0 amide bonds. The van der Waals surface area contributed by atoms with E-state index in [1.54, 1.807) is 31.9 Å². The smallest absolute Gasteiger partial charge is 0.352 e. The predicted molar refractivity (Wildman–Crippen MR) is 88.4 cm³/mol. The van der Waals surface area contributed by atoms with Gasteiger partial charge in [0.15, 0.2) is 11.5 Å². The van der Waals surface area contributed by atoms with Crippen molar-refractivity contribution in [1.29, 1.82) is 0 Å². The van der Waals surface area contributed by atoms with Crippen LogP contribution in [0.2, 0.25) is 0 Å². The van der Waals surface area contributed by atoms with E-state index in [-0.39, 0.29) is 5.69 Å². The van der Waals surface area contributed by atoms with Gasteiger partial charge in [-0.1, -0.05) is 12.1 Å². The van der Waals surface area contributed by atoms with Crippen LogP contribution >= 0.6 is 0 Å². The molecule has 23 heavy (non-hydrogen) atoms. The van der Waals surface area contributed by atoms with E-state index in [1.807, 2.05) is 36.4 Å². The van der Waals surface area contributed by atoms with Crippen LogP contribution in [0.3, 0.4) is 0 Å². The van der Waals surface area contributed by atoms with Crippen molar-refractivity contribution in [3.8, 4) is 22.6 Å². The molecule has 0 aliphatic rings. The first-order valence-electron chi connectivity index (χ1n) is 7.10. The molecular formula is C18H17NO4. The molecule has 5 heteroatoms. The second-order valence-electron chi connectivity index (χ2n) is 5.24. The second-order valence-corrected chi connectivity index (χ2v) is 5.24. The number of benzene rings is 2. The lowest BCUT2D eigenvalue weighted by Gasteiger charge is -2.10. The van der Waals surface area contributed by atoms with Gasteiger partial charge in [0.2, 0.25) is 0 Å². The lowest BCUT2D eigenvalue weighted by molar-refractivity contribution is 0.0687. The summed E-state index contributed by atoms with van der Waals surface area (Å²) in [4.78, 5) is 11.2. The first kappa shape index (κ1) is 15.0. The lowest BCUT2D eigenvalue weighted by atomic mass is 10.0. The van der Waals surface area contributed by atoms with E-state index in [2.05, 4.69) is 0 Å². The summed E-state index contributed by atoms with van der Waals surface area (Å²) in [5, 5.41) is 10.1. The van der Waals surface area contributed by atoms with Crippen LogP contribution in [-0.4, -0.2) is 29.9 Å². The molecule has 3 aromatic rings. The Morgan fingerprint density at radius 1 is 0.957 bits per heavy atom. The predicted octanol–water partition coefficient (Wildman–Crippen LogP) is 3.56. The third-order valence-electron chi connectivity index (χ3n) is 3.98. The Hall–Kier alpha value is -2.95. The van der Waals surface area contributed by atoms with Crippen LogP contribution < -0.4 is 9.47 Å². The number of nitrogens with zero attached hydrogens (tertiary/aromatic N) is 1. The number of carboxylic acids is 1. The van der Waals surface area contributed by atoms with Crippen LogP contribution in [-0.2, 0) is 7.05 Å². The molecule has 0 atom stereocenters. The van der Waals surface area contributed by atoms with Crippen molar-refractivity contribution >= 4 is 16.9 Å². The molecule has 1 aromatic heterocycles. The minimum Gasteiger partial charge on any atom is -0.493 e. The van der Waals surface area contributed by atoms with Gasteiger partial charge in [-0.25, -0.2) is 4.79 Å². The van der Waals surface area contributed by atoms with Gasteiger partial charge >= 0.3 is 5.97 Å². The molecule has 0 bridgehead atoms. The van der Waals surface area contributed by atoms with E-state index in [9.17, 15) is 9.90 Å². The normalized spacial score (nSPS) is 10.7. The molecule has 118 valence electrons. The number of ether oxygens (including phenoxy) is 2. The maximum Gasteiger partial charge on any atom is 0.352 e. The molecule has 0 aliphatic carbocycles. The Morgan fingerprint density at radius 3 is 2.26 bits per heavy atom. The zero-order chi connectivity index (χ0) is 16.6. The Balaban J connectivity index is 2.12. The largest absolute Gasteiger partial charge is 0.493 e. The Kier molecular flexibility index (Phi) is 3.70. The summed E-state index contributed by atoms with van der Waals surface area (Å²) in [6.07, 6.45) is 0. The van der Waals surface area contributed by atoms with Crippen molar-refractivity contribution < 1.29 is 19.4 Å². The van der Waals surface area contributed by atoms with Gasteiger partial charge < -0.3 is 19.1 Å². The van der Waals surface area contributed by atoms with E-state index in [4.69, 9.17) is 9.47 Å². The van der Waals surface area contributed by atoms with Crippen LogP contribution in [0.25, 0.3) is 22.0 Å². The van der Waals surface area contributed by atoms with E-state index >= 15 is 0 Å². The maximum atomic E-state index is 11.2. The summed E-state index contributed by atoms with van der Waals surface area (Å²) in [6.45, 7) is 0. The summed E-state index contributed by atoms with van der Waals surface area (Å²) in [5.74, 6) is 0.394. The highest BCUT2D eigenvalue weighted by atomic mass is 16.5. The van der Waals surface area contributed by atoms with Crippen molar-refractivity contribution in [2.45, 2.75) is 0 Å². The van der Waals surface area contributed by atoms with Gasteiger partial charge in [0.05, 0.1) is 14.2 Å². The van der Waals surface area contributed by atoms with Crippen LogP contribution in [0.15, 0.2) is 42.5 Å². The SMILES string of the molecule is COc1ccc(-c2ccc3c(c2)cc(C(=O)O)n3C)cc1OC. The van der Waals surface area contributed by atoms with Crippen molar-refractivity contribution in [3.63, 3.8) is 0 Å². The Bertz CT molecular complexity index is 895. The number of methoxy groups -OCH3 is 2. The summed E-state index contributed by atoms with van der Waals surface area (Å²) in [5.41, 5.74) is 3.11. The zero-order valence-corrected chi connectivity index (χ0v) is 13.2. The summed E-state index contributed by atoms with van der Waals surface area (Å²) in [7, 11) is 4.95. The molecule has 0 unspecified atom stereocenters. The number of hydrogen-bond donors (Lipinski definition) is 1. The monoisotopic (exact) mass is 311 g/mol. The number of aryl methyl sites for hydroxylation is 1. The highest BCUT2D eigenvalue weighted by molar-refractivity contribution is 5.96. The molecule has 0 fully saturated rings. The fraction of sp³-hybridized carbons (Fsp3) is 0.167. The fourth-order valence-corrected chi connectivity index (χ4v) is 2.75. The first-order valence-corrected chi connectivity index (χ1v) is 7.10. The number of carbonyl (C=O) groups is 1. The topological polar surface area (TPSA) is 60.7 Å². The number of fused-ring (bicyclic) bond motifs is 1. The van der Waals surface area contributed by atoms with Gasteiger partial charge in [-0.2, -0.15) is 0 Å². The van der Waals surface area contributed by atoms with Crippen molar-refractivity contribution in [1.82, 2.24) is 4.57 Å². The number of aromatic carboxylic acids is 1. The quantitative estimate of drug-likeness (QED) is 0.800. The first-order chi connectivity index (χ1) is 11.0. The fourth-order valence-electron chi connectivity index (χ4n) is 2.75. The maximum absolute atomic E-state index is 11.2. The average molecular weight is 311 g/mol. The summed E-state index contributed by atoms with van der Waals surface area (Å²) >= 11 is 0. The zero-order valence-electron chi connectivity index (χ0n) is 13.2. The highest BCUT2D eigenvalue weighted by Crippen LogP contribution is 2.33. The minimum absolute atomic E-state index is 0.268. The molecule has 2 aromatic carbocycles. The van der Waals surface area contributed by atoms with Crippen LogP contribution in [0, 0.1) is 0 Å². The molecule has 5 nitrogen and oxygen atoms in total. The molecule has 0 aliphatic heterocycles. The van der Waals surface area contributed by atoms with Crippen molar-refractivity contribution in [2.75, 3.05) is 14.2 Å².